The van der Waals surface area contributed by atoms with E-state index in [0.717, 1.165) is 11.1 Å². The van der Waals surface area contributed by atoms with Gasteiger partial charge in [0.25, 0.3) is 0 Å². The third-order valence-electron chi connectivity index (χ3n) is 4.74. The molecule has 0 aromatic heterocycles. The lowest BCUT2D eigenvalue weighted by atomic mass is 10.4. The first kappa shape index (κ1) is 39.5. The van der Waals surface area contributed by atoms with Crippen molar-refractivity contribution in [1.29, 1.82) is 0 Å². The lowest BCUT2D eigenvalue weighted by Crippen LogP contribution is -2.75. The molecule has 0 aliphatic carbocycles. The number of rotatable bonds is 20. The van der Waals surface area contributed by atoms with Gasteiger partial charge in [0, 0.05) is 0 Å². The van der Waals surface area contributed by atoms with E-state index in [2.05, 4.69) is 106 Å². The van der Waals surface area contributed by atoms with Crippen LogP contribution >= 0.6 is 0 Å². The molecule has 0 spiro atoms. The van der Waals surface area contributed by atoms with Crippen molar-refractivity contribution in [3.8, 4) is 0 Å². The maximum atomic E-state index is 7.52. The summed E-state index contributed by atoms with van der Waals surface area (Å²) in [6, 6.07) is 0. The molecule has 0 aliphatic rings. The molecule has 0 rings (SSSR count). The van der Waals surface area contributed by atoms with Gasteiger partial charge in [-0.3, -0.25) is 0 Å². The predicted octanol–water partition coefficient (Wildman–Crippen LogP) is 8.11. The Labute approximate surface area is 248 Å². The summed E-state index contributed by atoms with van der Waals surface area (Å²) in [5.41, 5.74) is 1.20. The third-order valence-corrected chi connectivity index (χ3v) is 24.0. The molecule has 7 nitrogen and oxygen atoms in total. The highest BCUT2D eigenvalue weighted by Crippen LogP contribution is 2.37. The summed E-state index contributed by atoms with van der Waals surface area (Å²) in [6.45, 7) is 43.2. The lowest BCUT2D eigenvalue weighted by Gasteiger charge is -2.50. The average molecular weight is 655 g/mol. The van der Waals surface area contributed by atoms with Crippen molar-refractivity contribution in [2.24, 2.45) is 0 Å². The Morgan fingerprint density at radius 3 is 1.00 bits per heavy atom. The van der Waals surface area contributed by atoms with Crippen LogP contribution < -0.4 is 0 Å². The normalized spacial score (nSPS) is 17.0. The zero-order valence-corrected chi connectivity index (χ0v) is 34.3. The fraction of sp³-hybridized carbons (Fsp3) is 0.846. The van der Waals surface area contributed by atoms with Crippen molar-refractivity contribution >= 4 is 50.9 Å². The molecule has 0 radical (unpaired) electrons. The van der Waals surface area contributed by atoms with E-state index in [4.69, 9.17) is 30.0 Å². The maximum Gasteiger partial charge on any atom is 0.638 e. The zero-order valence-electron chi connectivity index (χ0n) is 28.3. The molecule has 0 heterocycles. The van der Waals surface area contributed by atoms with E-state index in [-0.39, 0.29) is 11.5 Å². The molecule has 2 atom stereocenters. The van der Waals surface area contributed by atoms with Crippen LogP contribution in [-0.2, 0) is 30.0 Å². The van der Waals surface area contributed by atoms with Crippen LogP contribution in [0.25, 0.3) is 0 Å². The van der Waals surface area contributed by atoms with Gasteiger partial charge >= 0.3 is 17.6 Å². The fourth-order valence-electron chi connectivity index (χ4n) is 3.94. The Bertz CT molecular complexity index is 715. The molecule has 2 unspecified atom stereocenters. The van der Waals surface area contributed by atoms with Crippen LogP contribution in [0.4, 0.5) is 0 Å². The predicted molar refractivity (Wildman–Crippen MR) is 180 cm³/mol. The minimum atomic E-state index is -3.77. The second-order valence-electron chi connectivity index (χ2n) is 14.5. The van der Waals surface area contributed by atoms with Crippen LogP contribution in [0.2, 0.25) is 78.6 Å². The van der Waals surface area contributed by atoms with E-state index in [1.54, 1.807) is 0 Å². The minimum Gasteiger partial charge on any atom is -0.434 e. The monoisotopic (exact) mass is 654 g/mol. The summed E-state index contributed by atoms with van der Waals surface area (Å²) in [5, 5.41) is 0. The van der Waals surface area contributed by atoms with Crippen molar-refractivity contribution in [2.75, 3.05) is 13.2 Å². The molecule has 0 aliphatic heterocycles. The van der Waals surface area contributed by atoms with E-state index in [0.29, 0.717) is 26.1 Å². The summed E-state index contributed by atoms with van der Waals surface area (Å²) < 4.78 is 49.0. The molecule has 0 bridgehead atoms. The van der Waals surface area contributed by atoms with Crippen LogP contribution in [0.3, 0.4) is 0 Å². The van der Waals surface area contributed by atoms with E-state index < -0.39 is 50.9 Å². The summed E-state index contributed by atoms with van der Waals surface area (Å²) in [5.74, 6) is 0. The Kier molecular flexibility index (Phi) is 15.5. The molecule has 13 heteroatoms. The number of ether oxygens (including phenoxy) is 2. The van der Waals surface area contributed by atoms with Gasteiger partial charge in [-0.15, -0.1) is 0 Å². The number of hydrogen-bond donors (Lipinski definition) is 0. The second-order valence-corrected chi connectivity index (χ2v) is 39.2. The summed E-state index contributed by atoms with van der Waals surface area (Å²) in [6.07, 6.45) is 1.38. The summed E-state index contributed by atoms with van der Waals surface area (Å²) in [7, 11) is -16.1. The highest BCUT2D eigenvalue weighted by molar-refractivity contribution is 6.93. The molecule has 0 saturated heterocycles. The Hall–Kier alpha value is 0.501. The SMILES string of the molecule is C=C(C)COC(CC)[Si](O[Si](C)(C)C)(O[Si](O[Si](C)(C)C)(O[Si](C)(C)C)O[Si](C)(C)C)C(CC)OCC(=C)C. The first-order valence-corrected chi connectivity index (χ1v) is 31.5. The Morgan fingerprint density at radius 2 is 0.795 bits per heavy atom. The van der Waals surface area contributed by atoms with Gasteiger partial charge in [-0.25, -0.2) is 0 Å². The van der Waals surface area contributed by atoms with Gasteiger partial charge in [-0.05, 0) is 105 Å². The molecule has 232 valence electrons. The van der Waals surface area contributed by atoms with Crippen LogP contribution in [0, 0.1) is 0 Å². The second kappa shape index (κ2) is 15.3. The molecule has 0 saturated carbocycles. The van der Waals surface area contributed by atoms with Gasteiger partial charge < -0.3 is 30.0 Å². The minimum absolute atomic E-state index is 0.344. The molecule has 0 aromatic rings. The zero-order chi connectivity index (χ0) is 31.1. The van der Waals surface area contributed by atoms with E-state index in [9.17, 15) is 0 Å². The summed E-state index contributed by atoms with van der Waals surface area (Å²) in [4.78, 5) is 0. The Morgan fingerprint density at radius 1 is 0.513 bits per heavy atom. The molecule has 0 N–H and O–H groups in total. The van der Waals surface area contributed by atoms with Crippen molar-refractivity contribution in [1.82, 2.24) is 0 Å². The van der Waals surface area contributed by atoms with Gasteiger partial charge in [-0.1, -0.05) is 38.2 Å². The van der Waals surface area contributed by atoms with Crippen molar-refractivity contribution in [3.63, 3.8) is 0 Å². The Balaban J connectivity index is 7.61. The maximum absolute atomic E-state index is 7.52. The van der Waals surface area contributed by atoms with E-state index in [1.807, 2.05) is 13.8 Å². The third kappa shape index (κ3) is 16.1. The molecular formula is C26H62O7Si6. The van der Waals surface area contributed by atoms with Crippen molar-refractivity contribution < 1.29 is 30.0 Å². The smallest absolute Gasteiger partial charge is 0.434 e. The highest BCUT2D eigenvalue weighted by Gasteiger charge is 2.65. The molecule has 0 aromatic carbocycles. The first-order valence-electron chi connectivity index (χ1n) is 14.3. The largest absolute Gasteiger partial charge is 0.638 e. The lowest BCUT2D eigenvalue weighted by molar-refractivity contribution is 0.0211. The van der Waals surface area contributed by atoms with Crippen molar-refractivity contribution in [2.45, 2.75) is 131 Å². The highest BCUT2D eigenvalue weighted by atomic mass is 28.6. The van der Waals surface area contributed by atoms with E-state index in [1.165, 1.54) is 0 Å². The van der Waals surface area contributed by atoms with Gasteiger partial charge in [0.15, 0.2) is 33.3 Å². The molecule has 0 fully saturated rings. The van der Waals surface area contributed by atoms with Crippen LogP contribution in [0.5, 0.6) is 0 Å². The molecule has 0 amide bonds. The van der Waals surface area contributed by atoms with Crippen LogP contribution in [0.1, 0.15) is 40.5 Å². The standard InChI is InChI=1S/C26H62O7Si6/c1-19-25(27-21-23(3)4)38(29-34(7,8)9,26(20-2)28-22-24(5)6)33-39(30-35(10,11)12,31-36(13,14)15)32-37(16,17)18/h25-26H,3,5,19-22H2,1-2,4,6-18H3. The number of hydrogen-bond acceptors (Lipinski definition) is 7. The first-order chi connectivity index (χ1) is 17.3. The molecule has 39 heavy (non-hydrogen) atoms. The quantitative estimate of drug-likeness (QED) is 0.0971. The van der Waals surface area contributed by atoms with Gasteiger partial charge in [0.1, 0.15) is 11.5 Å². The summed E-state index contributed by atoms with van der Waals surface area (Å²) >= 11 is 0. The van der Waals surface area contributed by atoms with E-state index >= 15 is 0 Å². The van der Waals surface area contributed by atoms with Gasteiger partial charge in [0.2, 0.25) is 0 Å². The van der Waals surface area contributed by atoms with Gasteiger partial charge in [0.05, 0.1) is 13.2 Å². The molecular weight excluding hydrogens is 593 g/mol. The van der Waals surface area contributed by atoms with Gasteiger partial charge in [-0.2, -0.15) is 0 Å². The van der Waals surface area contributed by atoms with Crippen LogP contribution in [0.15, 0.2) is 24.3 Å². The fourth-order valence-corrected chi connectivity index (χ4v) is 26.4. The topological polar surface area (TPSA) is 64.6 Å². The average Bonchev–Trinajstić information content (AvgIpc) is 2.62. The van der Waals surface area contributed by atoms with Crippen LogP contribution in [-0.4, -0.2) is 75.5 Å². The van der Waals surface area contributed by atoms with Crippen molar-refractivity contribution in [3.05, 3.63) is 24.3 Å².